The summed E-state index contributed by atoms with van der Waals surface area (Å²) in [7, 11) is 0. The molecule has 0 aromatic carbocycles. The molecule has 2 amide bonds. The summed E-state index contributed by atoms with van der Waals surface area (Å²) in [6, 6.07) is 0. The topological polar surface area (TPSA) is 110 Å². The maximum Gasteiger partial charge on any atom is 0.222 e. The van der Waals surface area contributed by atoms with Crippen LogP contribution in [0.5, 0.6) is 0 Å². The quantitative estimate of drug-likeness (QED) is 0.403. The van der Waals surface area contributed by atoms with Crippen LogP contribution in [-0.4, -0.2) is 31.1 Å². The minimum atomic E-state index is -0.317. The molecule has 0 saturated heterocycles. The maximum atomic E-state index is 11.3. The number of hydrogen-bond donors (Lipinski definition) is 4. The Morgan fingerprint density at radius 2 is 1.50 bits per heavy atom. The highest BCUT2D eigenvalue weighted by atomic mass is 16.2. The van der Waals surface area contributed by atoms with Gasteiger partial charge in [-0.05, 0) is 6.42 Å². The van der Waals surface area contributed by atoms with Crippen LogP contribution in [0.25, 0.3) is 0 Å². The molecule has 0 atom stereocenters. The van der Waals surface area contributed by atoms with Gasteiger partial charge in [0.25, 0.3) is 0 Å². The van der Waals surface area contributed by atoms with Crippen molar-refractivity contribution in [1.82, 2.24) is 10.6 Å². The van der Waals surface area contributed by atoms with Gasteiger partial charge in [-0.25, -0.2) is 0 Å². The zero-order valence-electron chi connectivity index (χ0n) is 9.79. The summed E-state index contributed by atoms with van der Waals surface area (Å²) in [5.41, 5.74) is 10.5. The molecule has 0 rings (SSSR count). The van der Waals surface area contributed by atoms with Crippen molar-refractivity contribution in [2.24, 2.45) is 11.5 Å². The number of amides is 2. The molecule has 0 aliphatic heterocycles. The molecule has 0 radical (unpaired) electrons. The number of carbonyl (C=O) groups is 2. The molecule has 0 saturated carbocycles. The SMILES string of the molecule is CCCC(NC(=O)CCN)NC(=O)CCN. The minimum Gasteiger partial charge on any atom is -0.336 e. The van der Waals surface area contributed by atoms with Crippen LogP contribution in [0.3, 0.4) is 0 Å². The maximum absolute atomic E-state index is 11.3. The molecule has 0 aromatic rings. The molecular formula is C10H22N4O2. The molecule has 6 nitrogen and oxygen atoms in total. The van der Waals surface area contributed by atoms with Crippen LogP contribution in [0.15, 0.2) is 0 Å². The monoisotopic (exact) mass is 230 g/mol. The molecule has 0 spiro atoms. The van der Waals surface area contributed by atoms with Gasteiger partial charge in [-0.2, -0.15) is 0 Å². The Morgan fingerprint density at radius 1 is 1.06 bits per heavy atom. The van der Waals surface area contributed by atoms with Crippen LogP contribution in [0, 0.1) is 0 Å². The van der Waals surface area contributed by atoms with Crippen molar-refractivity contribution >= 4 is 11.8 Å². The van der Waals surface area contributed by atoms with Crippen LogP contribution >= 0.6 is 0 Å². The Kier molecular flexibility index (Phi) is 8.46. The number of hydrogen-bond acceptors (Lipinski definition) is 4. The third-order valence-corrected chi connectivity index (χ3v) is 1.99. The van der Waals surface area contributed by atoms with E-state index in [2.05, 4.69) is 10.6 Å². The standard InChI is InChI=1S/C10H22N4O2/c1-2-3-8(13-9(15)4-6-11)14-10(16)5-7-12/h8H,2-7,11-12H2,1H3,(H,13,15)(H,14,16). The summed E-state index contributed by atoms with van der Waals surface area (Å²) < 4.78 is 0. The van der Waals surface area contributed by atoms with E-state index in [1.165, 1.54) is 0 Å². The Bertz CT molecular complexity index is 201. The molecule has 0 unspecified atom stereocenters. The van der Waals surface area contributed by atoms with Crippen LogP contribution in [0.1, 0.15) is 32.6 Å². The van der Waals surface area contributed by atoms with Gasteiger partial charge in [0.2, 0.25) is 11.8 Å². The average molecular weight is 230 g/mol. The lowest BCUT2D eigenvalue weighted by Crippen LogP contribution is -2.48. The van der Waals surface area contributed by atoms with E-state index >= 15 is 0 Å². The minimum absolute atomic E-state index is 0.144. The van der Waals surface area contributed by atoms with Crippen molar-refractivity contribution in [3.63, 3.8) is 0 Å². The van der Waals surface area contributed by atoms with Crippen LogP contribution in [-0.2, 0) is 9.59 Å². The Balaban J connectivity index is 4.05. The lowest BCUT2D eigenvalue weighted by Gasteiger charge is -2.19. The van der Waals surface area contributed by atoms with Crippen LogP contribution in [0.2, 0.25) is 0 Å². The Hall–Kier alpha value is -1.14. The predicted octanol–water partition coefficient (Wildman–Crippen LogP) is -0.957. The van der Waals surface area contributed by atoms with Gasteiger partial charge in [0.05, 0.1) is 0 Å². The van der Waals surface area contributed by atoms with Gasteiger partial charge < -0.3 is 22.1 Å². The van der Waals surface area contributed by atoms with Gasteiger partial charge >= 0.3 is 0 Å². The largest absolute Gasteiger partial charge is 0.336 e. The summed E-state index contributed by atoms with van der Waals surface area (Å²) in [6.45, 7) is 2.60. The fraction of sp³-hybridized carbons (Fsp3) is 0.800. The molecule has 94 valence electrons. The van der Waals surface area contributed by atoms with Crippen molar-refractivity contribution in [3.05, 3.63) is 0 Å². The van der Waals surface area contributed by atoms with Crippen LogP contribution in [0.4, 0.5) is 0 Å². The van der Waals surface area contributed by atoms with E-state index < -0.39 is 0 Å². The van der Waals surface area contributed by atoms with Crippen molar-refractivity contribution in [3.8, 4) is 0 Å². The van der Waals surface area contributed by atoms with Gasteiger partial charge in [0.1, 0.15) is 6.17 Å². The molecule has 6 heteroatoms. The summed E-state index contributed by atoms with van der Waals surface area (Å²) in [4.78, 5) is 22.6. The summed E-state index contributed by atoms with van der Waals surface area (Å²) >= 11 is 0. The molecule has 0 aliphatic rings. The van der Waals surface area contributed by atoms with Crippen molar-refractivity contribution in [1.29, 1.82) is 0 Å². The van der Waals surface area contributed by atoms with Gasteiger partial charge in [-0.3, -0.25) is 9.59 Å². The lowest BCUT2D eigenvalue weighted by molar-refractivity contribution is -0.124. The first kappa shape index (κ1) is 14.9. The first-order valence-corrected chi connectivity index (χ1v) is 5.62. The van der Waals surface area contributed by atoms with Crippen molar-refractivity contribution < 1.29 is 9.59 Å². The second-order valence-corrected chi connectivity index (χ2v) is 3.55. The highest BCUT2D eigenvalue weighted by Crippen LogP contribution is 1.94. The number of nitrogens with one attached hydrogen (secondary N) is 2. The number of rotatable bonds is 8. The molecule has 0 aromatic heterocycles. The number of carbonyl (C=O) groups excluding carboxylic acids is 2. The summed E-state index contributed by atoms with van der Waals surface area (Å²) in [5, 5.41) is 5.43. The normalized spacial score (nSPS) is 10.2. The molecule has 0 heterocycles. The zero-order chi connectivity index (χ0) is 12.4. The van der Waals surface area contributed by atoms with Gasteiger partial charge in [-0.15, -0.1) is 0 Å². The first-order chi connectivity index (χ1) is 7.63. The van der Waals surface area contributed by atoms with E-state index in [0.29, 0.717) is 19.5 Å². The molecule has 0 bridgehead atoms. The van der Waals surface area contributed by atoms with Crippen molar-refractivity contribution in [2.45, 2.75) is 38.8 Å². The van der Waals surface area contributed by atoms with E-state index in [0.717, 1.165) is 6.42 Å². The fourth-order valence-electron chi connectivity index (χ4n) is 1.26. The van der Waals surface area contributed by atoms with Gasteiger partial charge in [0, 0.05) is 25.9 Å². The van der Waals surface area contributed by atoms with Gasteiger partial charge in [0.15, 0.2) is 0 Å². The lowest BCUT2D eigenvalue weighted by atomic mass is 10.2. The van der Waals surface area contributed by atoms with E-state index in [1.54, 1.807) is 0 Å². The molecule has 0 aliphatic carbocycles. The Morgan fingerprint density at radius 3 is 1.81 bits per heavy atom. The molecular weight excluding hydrogens is 208 g/mol. The molecule has 16 heavy (non-hydrogen) atoms. The van der Waals surface area contributed by atoms with E-state index in [-0.39, 0.29) is 30.8 Å². The highest BCUT2D eigenvalue weighted by Gasteiger charge is 2.12. The molecule has 0 fully saturated rings. The van der Waals surface area contributed by atoms with Crippen LogP contribution < -0.4 is 22.1 Å². The van der Waals surface area contributed by atoms with E-state index in [4.69, 9.17) is 11.5 Å². The first-order valence-electron chi connectivity index (χ1n) is 5.62. The highest BCUT2D eigenvalue weighted by molar-refractivity contribution is 5.79. The second kappa shape index (κ2) is 9.11. The van der Waals surface area contributed by atoms with E-state index in [1.807, 2.05) is 6.92 Å². The fourth-order valence-corrected chi connectivity index (χ4v) is 1.26. The third-order valence-electron chi connectivity index (χ3n) is 1.99. The second-order valence-electron chi connectivity index (χ2n) is 3.55. The Labute approximate surface area is 96.1 Å². The average Bonchev–Trinajstić information content (AvgIpc) is 2.18. The smallest absolute Gasteiger partial charge is 0.222 e. The van der Waals surface area contributed by atoms with E-state index in [9.17, 15) is 9.59 Å². The summed E-state index contributed by atoms with van der Waals surface area (Å²) in [5.74, 6) is -0.289. The number of nitrogens with two attached hydrogens (primary N) is 2. The van der Waals surface area contributed by atoms with Crippen molar-refractivity contribution in [2.75, 3.05) is 13.1 Å². The zero-order valence-corrected chi connectivity index (χ0v) is 9.79. The summed E-state index contributed by atoms with van der Waals surface area (Å²) in [6.07, 6.45) is 1.80. The molecule has 6 N–H and O–H groups in total. The van der Waals surface area contributed by atoms with Gasteiger partial charge in [-0.1, -0.05) is 13.3 Å². The third kappa shape index (κ3) is 7.19. The predicted molar refractivity (Wildman–Crippen MR) is 62.3 cm³/mol.